The van der Waals surface area contributed by atoms with E-state index in [0.29, 0.717) is 12.3 Å². The largest absolute Gasteiger partial charge is 0.374 e. The fourth-order valence-corrected chi connectivity index (χ4v) is 5.16. The summed E-state index contributed by atoms with van der Waals surface area (Å²) >= 11 is 1.67. The lowest BCUT2D eigenvalue weighted by molar-refractivity contribution is 0.176. The summed E-state index contributed by atoms with van der Waals surface area (Å²) < 4.78 is 0. The van der Waals surface area contributed by atoms with Crippen LogP contribution >= 0.6 is 11.3 Å². The van der Waals surface area contributed by atoms with Crippen molar-refractivity contribution in [2.75, 3.05) is 5.32 Å². The Bertz CT molecular complexity index is 1650. The van der Waals surface area contributed by atoms with Gasteiger partial charge in [0.2, 0.25) is 0 Å². The average Bonchev–Trinajstić information content (AvgIpc) is 3.62. The molecular formula is C27H25N7OS. The van der Waals surface area contributed by atoms with Crippen LogP contribution in [0.3, 0.4) is 0 Å². The first-order valence-corrected chi connectivity index (χ1v) is 12.7. The molecule has 0 saturated heterocycles. The summed E-state index contributed by atoms with van der Waals surface area (Å²) in [6.07, 6.45) is 7.12. The van der Waals surface area contributed by atoms with Crippen molar-refractivity contribution in [1.82, 2.24) is 30.1 Å². The first-order valence-electron chi connectivity index (χ1n) is 11.8. The number of rotatable bonds is 7. The lowest BCUT2D eigenvalue weighted by atomic mass is 10.1. The molecule has 36 heavy (non-hydrogen) atoms. The van der Waals surface area contributed by atoms with E-state index in [2.05, 4.69) is 66.8 Å². The van der Waals surface area contributed by atoms with E-state index >= 15 is 0 Å². The summed E-state index contributed by atoms with van der Waals surface area (Å²) in [6, 6.07) is 12.2. The van der Waals surface area contributed by atoms with E-state index in [0.717, 1.165) is 60.7 Å². The van der Waals surface area contributed by atoms with E-state index in [1.54, 1.807) is 29.9 Å². The van der Waals surface area contributed by atoms with Gasteiger partial charge in [-0.05, 0) is 48.1 Å². The van der Waals surface area contributed by atoms with Gasteiger partial charge < -0.3 is 15.4 Å². The van der Waals surface area contributed by atoms with Gasteiger partial charge >= 0.3 is 0 Å². The number of hydrogen-bond acceptors (Lipinski definition) is 7. The number of fused-ring (bicyclic) bond motifs is 2. The van der Waals surface area contributed by atoms with Crippen LogP contribution in [-0.4, -0.2) is 41.5 Å². The molecule has 0 fully saturated rings. The SMILES string of the molecule is CC(C)CC(O)Nc1cncc(-c2cc3c(-c4cc5c(-c6cccs6)nccc5[nH]4)n[nH]c3cn2)c1. The second-order valence-electron chi connectivity index (χ2n) is 9.22. The van der Waals surface area contributed by atoms with E-state index in [9.17, 15) is 5.11 Å². The topological polar surface area (TPSA) is 115 Å². The maximum atomic E-state index is 10.3. The smallest absolute Gasteiger partial charge is 0.124 e. The lowest BCUT2D eigenvalue weighted by Gasteiger charge is -2.16. The van der Waals surface area contributed by atoms with Crippen molar-refractivity contribution in [1.29, 1.82) is 0 Å². The summed E-state index contributed by atoms with van der Waals surface area (Å²) in [4.78, 5) is 18.2. The first-order chi connectivity index (χ1) is 17.5. The van der Waals surface area contributed by atoms with Crippen LogP contribution in [0.2, 0.25) is 0 Å². The Morgan fingerprint density at radius 2 is 1.89 bits per heavy atom. The number of nitrogens with one attached hydrogen (secondary N) is 3. The van der Waals surface area contributed by atoms with Crippen molar-refractivity contribution in [2.45, 2.75) is 26.5 Å². The minimum atomic E-state index is -0.631. The predicted octanol–water partition coefficient (Wildman–Crippen LogP) is 6.07. The minimum Gasteiger partial charge on any atom is -0.374 e. The van der Waals surface area contributed by atoms with Gasteiger partial charge in [-0.1, -0.05) is 19.9 Å². The van der Waals surface area contributed by atoms with Crippen LogP contribution in [0.1, 0.15) is 20.3 Å². The normalized spacial score (nSPS) is 12.6. The molecule has 6 heterocycles. The minimum absolute atomic E-state index is 0.383. The molecule has 6 rings (SSSR count). The highest BCUT2D eigenvalue weighted by Crippen LogP contribution is 2.35. The van der Waals surface area contributed by atoms with Crippen LogP contribution in [-0.2, 0) is 0 Å². The highest BCUT2D eigenvalue weighted by Gasteiger charge is 2.16. The highest BCUT2D eigenvalue weighted by atomic mass is 32.1. The van der Waals surface area contributed by atoms with Gasteiger partial charge in [-0.3, -0.25) is 20.1 Å². The van der Waals surface area contributed by atoms with Gasteiger partial charge in [0.05, 0.1) is 45.6 Å². The number of thiophene rings is 1. The van der Waals surface area contributed by atoms with Crippen LogP contribution in [0.15, 0.2) is 66.6 Å². The maximum Gasteiger partial charge on any atom is 0.124 e. The van der Waals surface area contributed by atoms with Gasteiger partial charge in [0.25, 0.3) is 0 Å². The number of hydrogen-bond donors (Lipinski definition) is 4. The molecule has 0 aliphatic heterocycles. The number of pyridine rings is 3. The molecule has 0 bridgehead atoms. The summed E-state index contributed by atoms with van der Waals surface area (Å²) in [7, 11) is 0. The standard InChI is InChI=1S/C27H25N7OS/c1-15(2)8-25(35)31-17-9-16(12-28-13-17)21-10-19-23(14-30-21)33-34-26(19)22-11-18-20(32-22)5-6-29-27(18)24-4-3-7-36-24/h3-7,9-15,25,31-32,35H,8H2,1-2H3,(H,33,34). The van der Waals surface area contributed by atoms with Crippen LogP contribution in [0.4, 0.5) is 5.69 Å². The molecule has 6 aromatic heterocycles. The van der Waals surface area contributed by atoms with Crippen molar-refractivity contribution in [3.05, 3.63) is 66.6 Å². The van der Waals surface area contributed by atoms with Crippen molar-refractivity contribution in [3.8, 4) is 33.2 Å². The van der Waals surface area contributed by atoms with Crippen molar-refractivity contribution in [3.63, 3.8) is 0 Å². The number of aromatic amines is 2. The maximum absolute atomic E-state index is 10.3. The van der Waals surface area contributed by atoms with Crippen molar-refractivity contribution < 1.29 is 5.11 Å². The molecule has 1 unspecified atom stereocenters. The monoisotopic (exact) mass is 495 g/mol. The molecule has 0 amide bonds. The van der Waals surface area contributed by atoms with E-state index < -0.39 is 6.23 Å². The molecule has 8 nitrogen and oxygen atoms in total. The molecular weight excluding hydrogens is 470 g/mol. The van der Waals surface area contributed by atoms with E-state index in [-0.39, 0.29) is 0 Å². The zero-order valence-corrected chi connectivity index (χ0v) is 20.7. The lowest BCUT2D eigenvalue weighted by Crippen LogP contribution is -2.20. The predicted molar refractivity (Wildman–Crippen MR) is 145 cm³/mol. The fourth-order valence-electron chi connectivity index (χ4n) is 4.43. The zero-order chi connectivity index (χ0) is 24.6. The Kier molecular flexibility index (Phi) is 5.71. The molecule has 1 atom stereocenters. The number of aliphatic hydroxyl groups is 1. The fraction of sp³-hybridized carbons (Fsp3) is 0.185. The summed E-state index contributed by atoms with van der Waals surface area (Å²) in [5.41, 5.74) is 6.92. The summed E-state index contributed by atoms with van der Waals surface area (Å²) in [5.74, 6) is 0.383. The summed E-state index contributed by atoms with van der Waals surface area (Å²) in [5, 5.41) is 25.2. The number of H-pyrrole nitrogens is 2. The Morgan fingerprint density at radius 3 is 2.72 bits per heavy atom. The van der Waals surface area contributed by atoms with E-state index in [4.69, 9.17) is 0 Å². The Balaban J connectivity index is 1.37. The first kappa shape index (κ1) is 22.4. The van der Waals surface area contributed by atoms with Crippen LogP contribution in [0.5, 0.6) is 0 Å². The van der Waals surface area contributed by atoms with E-state index in [1.807, 2.05) is 30.5 Å². The third kappa shape index (κ3) is 4.23. The number of nitrogens with zero attached hydrogens (tertiary/aromatic N) is 4. The Hall–Kier alpha value is -4.08. The van der Waals surface area contributed by atoms with Crippen LogP contribution in [0, 0.1) is 5.92 Å². The molecule has 0 spiro atoms. The number of anilines is 1. The molecule has 0 radical (unpaired) electrons. The highest BCUT2D eigenvalue weighted by molar-refractivity contribution is 7.13. The third-order valence-corrected chi connectivity index (χ3v) is 6.94. The summed E-state index contributed by atoms with van der Waals surface area (Å²) in [6.45, 7) is 4.15. The molecule has 0 aromatic carbocycles. The van der Waals surface area contributed by atoms with Crippen molar-refractivity contribution >= 4 is 38.8 Å². The van der Waals surface area contributed by atoms with Crippen LogP contribution in [0.25, 0.3) is 55.0 Å². The average molecular weight is 496 g/mol. The molecule has 180 valence electrons. The molecule has 6 aromatic rings. The van der Waals surface area contributed by atoms with Gasteiger partial charge in [-0.2, -0.15) is 5.10 Å². The quantitative estimate of drug-likeness (QED) is 0.200. The molecule has 0 aliphatic rings. The zero-order valence-electron chi connectivity index (χ0n) is 19.9. The third-order valence-electron chi connectivity index (χ3n) is 6.07. The van der Waals surface area contributed by atoms with Gasteiger partial charge in [0.15, 0.2) is 0 Å². The van der Waals surface area contributed by atoms with Crippen molar-refractivity contribution in [2.24, 2.45) is 5.92 Å². The molecule has 0 saturated carbocycles. The van der Waals surface area contributed by atoms with Gasteiger partial charge in [-0.15, -0.1) is 11.3 Å². The Labute approximate surface area is 211 Å². The second-order valence-corrected chi connectivity index (χ2v) is 10.2. The molecule has 4 N–H and O–H groups in total. The number of aliphatic hydroxyl groups excluding tert-OH is 1. The Morgan fingerprint density at radius 1 is 1.00 bits per heavy atom. The van der Waals surface area contributed by atoms with E-state index in [1.165, 1.54) is 0 Å². The second kappa shape index (κ2) is 9.18. The van der Waals surface area contributed by atoms with Gasteiger partial charge in [0, 0.05) is 34.2 Å². The number of aromatic nitrogens is 6. The van der Waals surface area contributed by atoms with Gasteiger partial charge in [0.1, 0.15) is 11.9 Å². The van der Waals surface area contributed by atoms with Crippen LogP contribution < -0.4 is 5.32 Å². The molecule has 0 aliphatic carbocycles. The van der Waals surface area contributed by atoms with Gasteiger partial charge in [-0.25, -0.2) is 0 Å². The molecule has 9 heteroatoms.